The molecule has 0 radical (unpaired) electrons. The minimum Gasteiger partial charge on any atom is -0.480 e. The molecule has 3 N–H and O–H groups in total. The average molecular weight is 479 g/mol. The predicted octanol–water partition coefficient (Wildman–Crippen LogP) is 2.99. The van der Waals surface area contributed by atoms with Gasteiger partial charge in [0.1, 0.15) is 12.6 Å². The predicted molar refractivity (Wildman–Crippen MR) is 128 cm³/mol. The van der Waals surface area contributed by atoms with Gasteiger partial charge in [-0.05, 0) is 41.0 Å². The van der Waals surface area contributed by atoms with E-state index in [1.54, 1.807) is 0 Å². The minimum atomic E-state index is -1.10. The summed E-state index contributed by atoms with van der Waals surface area (Å²) < 4.78 is 5.60. The van der Waals surface area contributed by atoms with Gasteiger partial charge in [-0.15, -0.1) is 0 Å². The lowest BCUT2D eigenvalue weighted by atomic mass is 9.94. The highest BCUT2D eigenvalue weighted by atomic mass is 16.5. The monoisotopic (exact) mass is 478 g/mol. The Morgan fingerprint density at radius 1 is 1.00 bits per heavy atom. The molecular formula is C27H30N2O6. The third-order valence-corrected chi connectivity index (χ3v) is 7.68. The molecule has 1 saturated carbocycles. The van der Waals surface area contributed by atoms with Crippen LogP contribution in [0.15, 0.2) is 48.5 Å². The summed E-state index contributed by atoms with van der Waals surface area (Å²) in [5.41, 5.74) is 4.61. The number of β-amino-alcohol motifs (C(OH)–C–C–N with tert-alkyl or cyclic N) is 1. The number of fused-ring (bicyclic) bond motifs is 3. The molecule has 8 nitrogen and oxygen atoms in total. The number of alkyl carbamates (subject to hydrolysis) is 1. The van der Waals surface area contributed by atoms with Gasteiger partial charge in [-0.25, -0.2) is 9.59 Å². The highest BCUT2D eigenvalue weighted by Gasteiger charge is 2.44. The van der Waals surface area contributed by atoms with E-state index in [4.69, 9.17) is 4.74 Å². The second-order valence-electron chi connectivity index (χ2n) is 9.74. The van der Waals surface area contributed by atoms with Crippen molar-refractivity contribution in [1.82, 2.24) is 10.2 Å². The number of likely N-dealkylation sites (tertiary alicyclic amines) is 1. The number of aliphatic hydroxyl groups is 1. The Labute approximate surface area is 203 Å². The van der Waals surface area contributed by atoms with Crippen molar-refractivity contribution in [1.29, 1.82) is 0 Å². The molecule has 2 amide bonds. The van der Waals surface area contributed by atoms with Gasteiger partial charge in [0.25, 0.3) is 0 Å². The Bertz CT molecular complexity index is 1090. The van der Waals surface area contributed by atoms with Crippen LogP contribution < -0.4 is 5.32 Å². The van der Waals surface area contributed by atoms with E-state index in [0.717, 1.165) is 35.1 Å². The number of amides is 2. The van der Waals surface area contributed by atoms with E-state index in [9.17, 15) is 24.6 Å². The maximum atomic E-state index is 13.1. The first-order valence-corrected chi connectivity index (χ1v) is 12.2. The number of carboxylic acids is 1. The van der Waals surface area contributed by atoms with Crippen LogP contribution in [0.4, 0.5) is 4.79 Å². The lowest BCUT2D eigenvalue weighted by molar-refractivity contribution is -0.150. The van der Waals surface area contributed by atoms with Crippen LogP contribution in [0.25, 0.3) is 11.1 Å². The molecule has 1 saturated heterocycles. The van der Waals surface area contributed by atoms with Crippen molar-refractivity contribution in [3.63, 3.8) is 0 Å². The van der Waals surface area contributed by atoms with Crippen molar-refractivity contribution in [2.45, 2.75) is 43.7 Å². The molecule has 1 aliphatic heterocycles. The van der Waals surface area contributed by atoms with Gasteiger partial charge in [0, 0.05) is 31.3 Å². The van der Waals surface area contributed by atoms with E-state index >= 15 is 0 Å². The first-order valence-electron chi connectivity index (χ1n) is 12.2. The summed E-state index contributed by atoms with van der Waals surface area (Å²) in [6, 6.07) is 15.3. The van der Waals surface area contributed by atoms with E-state index in [-0.39, 0.29) is 43.2 Å². The number of carboxylic acid groups (broad SMARTS) is 1. The van der Waals surface area contributed by atoms with Gasteiger partial charge in [0.2, 0.25) is 5.91 Å². The molecule has 2 aliphatic carbocycles. The van der Waals surface area contributed by atoms with Crippen LogP contribution in [0.5, 0.6) is 0 Å². The lowest BCUT2D eigenvalue weighted by Gasteiger charge is -2.27. The average Bonchev–Trinajstić information content (AvgIpc) is 3.57. The number of benzene rings is 2. The molecular weight excluding hydrogens is 448 g/mol. The molecule has 184 valence electrons. The molecule has 2 fully saturated rings. The topological polar surface area (TPSA) is 116 Å². The number of aliphatic hydroxyl groups excluding tert-OH is 1. The number of aliphatic carboxylic acids is 1. The fraction of sp³-hybridized carbons (Fsp3) is 0.444. The number of rotatable bonds is 6. The number of carbonyl (C=O) groups excluding carboxylic acids is 2. The van der Waals surface area contributed by atoms with Gasteiger partial charge >= 0.3 is 12.1 Å². The molecule has 4 atom stereocenters. The number of ether oxygens (including phenoxy) is 1. The maximum absolute atomic E-state index is 13.1. The second kappa shape index (κ2) is 9.70. The molecule has 5 rings (SSSR count). The summed E-state index contributed by atoms with van der Waals surface area (Å²) in [5, 5.41) is 22.1. The van der Waals surface area contributed by atoms with Crippen LogP contribution in [0.3, 0.4) is 0 Å². The zero-order chi connectivity index (χ0) is 24.5. The van der Waals surface area contributed by atoms with Crippen LogP contribution in [0, 0.1) is 11.8 Å². The fourth-order valence-corrected chi connectivity index (χ4v) is 5.97. The summed E-state index contributed by atoms with van der Waals surface area (Å²) in [5.74, 6) is -1.82. The van der Waals surface area contributed by atoms with Crippen molar-refractivity contribution in [2.75, 3.05) is 19.7 Å². The highest BCUT2D eigenvalue weighted by molar-refractivity contribution is 5.86. The molecule has 2 aromatic rings. The third-order valence-electron chi connectivity index (χ3n) is 7.68. The number of nitrogens with one attached hydrogen (secondary N) is 1. The SMILES string of the molecule is O=C(NCC1CCCC1C(=O)N1CC(O)CC1C(=O)O)OCC1c2ccccc2-c2ccccc21. The first kappa shape index (κ1) is 23.4. The molecule has 0 bridgehead atoms. The van der Waals surface area contributed by atoms with Crippen molar-refractivity contribution < 1.29 is 29.3 Å². The van der Waals surface area contributed by atoms with Crippen LogP contribution in [-0.4, -0.2) is 64.9 Å². The van der Waals surface area contributed by atoms with Gasteiger partial charge in [0.15, 0.2) is 0 Å². The number of carbonyl (C=O) groups is 3. The quantitative estimate of drug-likeness (QED) is 0.588. The highest BCUT2D eigenvalue weighted by Crippen LogP contribution is 2.44. The Hall–Kier alpha value is -3.39. The smallest absolute Gasteiger partial charge is 0.407 e. The van der Waals surface area contributed by atoms with Crippen LogP contribution in [0.2, 0.25) is 0 Å². The van der Waals surface area contributed by atoms with E-state index < -0.39 is 24.2 Å². The Kier molecular flexibility index (Phi) is 6.47. The molecule has 4 unspecified atom stereocenters. The van der Waals surface area contributed by atoms with E-state index in [0.29, 0.717) is 13.0 Å². The normalized spacial score (nSPS) is 25.2. The largest absolute Gasteiger partial charge is 0.480 e. The van der Waals surface area contributed by atoms with E-state index in [1.807, 2.05) is 24.3 Å². The molecule has 0 spiro atoms. The maximum Gasteiger partial charge on any atom is 0.407 e. The van der Waals surface area contributed by atoms with Gasteiger partial charge in [0.05, 0.1) is 6.10 Å². The Morgan fingerprint density at radius 3 is 2.31 bits per heavy atom. The summed E-state index contributed by atoms with van der Waals surface area (Å²) in [6.45, 7) is 0.554. The Balaban J connectivity index is 1.17. The number of hydrogen-bond acceptors (Lipinski definition) is 5. The number of nitrogens with zero attached hydrogens (tertiary/aromatic N) is 1. The Morgan fingerprint density at radius 2 is 1.66 bits per heavy atom. The van der Waals surface area contributed by atoms with Crippen LogP contribution in [-0.2, 0) is 14.3 Å². The molecule has 35 heavy (non-hydrogen) atoms. The molecule has 1 heterocycles. The van der Waals surface area contributed by atoms with Crippen molar-refractivity contribution in [3.05, 3.63) is 59.7 Å². The minimum absolute atomic E-state index is 0.0245. The number of hydrogen-bond donors (Lipinski definition) is 3. The lowest BCUT2D eigenvalue weighted by Crippen LogP contribution is -2.45. The van der Waals surface area contributed by atoms with Gasteiger partial charge < -0.3 is 25.2 Å². The standard InChI is InChI=1S/C27H30N2O6/c30-17-12-24(26(32)33)29(14-17)25(31)18-11-5-6-16(18)13-28-27(34)35-15-23-21-9-3-1-7-19(21)20-8-2-4-10-22(20)23/h1-4,7-10,16-18,23-24,30H,5-6,11-15H2,(H,28,34)(H,32,33). The summed E-state index contributed by atoms with van der Waals surface area (Å²) >= 11 is 0. The molecule has 3 aliphatic rings. The van der Waals surface area contributed by atoms with Crippen molar-refractivity contribution >= 4 is 18.0 Å². The van der Waals surface area contributed by atoms with E-state index in [2.05, 4.69) is 29.6 Å². The van der Waals surface area contributed by atoms with Crippen molar-refractivity contribution in [3.8, 4) is 11.1 Å². The first-order chi connectivity index (χ1) is 16.9. The van der Waals surface area contributed by atoms with Gasteiger partial charge in [-0.1, -0.05) is 55.0 Å². The second-order valence-corrected chi connectivity index (χ2v) is 9.74. The zero-order valence-electron chi connectivity index (χ0n) is 19.4. The van der Waals surface area contributed by atoms with Crippen LogP contribution >= 0.6 is 0 Å². The van der Waals surface area contributed by atoms with Crippen LogP contribution in [0.1, 0.15) is 42.7 Å². The van der Waals surface area contributed by atoms with E-state index in [1.165, 1.54) is 4.90 Å². The molecule has 8 heteroatoms. The van der Waals surface area contributed by atoms with Gasteiger partial charge in [-0.3, -0.25) is 4.79 Å². The summed E-state index contributed by atoms with van der Waals surface area (Å²) in [4.78, 5) is 38.5. The van der Waals surface area contributed by atoms with Gasteiger partial charge in [-0.2, -0.15) is 0 Å². The fourth-order valence-electron chi connectivity index (χ4n) is 5.97. The third kappa shape index (κ3) is 4.50. The molecule has 0 aromatic heterocycles. The summed E-state index contributed by atoms with van der Waals surface area (Å²) in [7, 11) is 0. The van der Waals surface area contributed by atoms with Crippen molar-refractivity contribution in [2.24, 2.45) is 11.8 Å². The molecule has 2 aromatic carbocycles. The summed E-state index contributed by atoms with van der Waals surface area (Å²) in [6.07, 6.45) is 0.963. The zero-order valence-corrected chi connectivity index (χ0v) is 19.4.